The van der Waals surface area contributed by atoms with E-state index in [1.54, 1.807) is 6.26 Å². The number of hydrogen-bond acceptors (Lipinski definition) is 5. The van der Waals surface area contributed by atoms with Crippen molar-refractivity contribution in [1.82, 2.24) is 20.3 Å². The average Bonchev–Trinajstić information content (AvgIpc) is 3.09. The molecule has 23 heavy (non-hydrogen) atoms. The van der Waals surface area contributed by atoms with Gasteiger partial charge < -0.3 is 14.7 Å². The molecule has 1 aliphatic heterocycles. The Hall–Kier alpha value is -1.21. The van der Waals surface area contributed by atoms with Gasteiger partial charge >= 0.3 is 6.03 Å². The van der Waals surface area contributed by atoms with Crippen LogP contribution in [0.1, 0.15) is 31.4 Å². The number of piperazine rings is 1. The first-order valence-electron chi connectivity index (χ1n) is 8.46. The molecule has 7 heteroatoms. The maximum Gasteiger partial charge on any atom is 0.317 e. The van der Waals surface area contributed by atoms with Crippen molar-refractivity contribution < 1.29 is 9.32 Å². The normalized spacial score (nSPS) is 26.2. The Morgan fingerprint density at radius 1 is 1.35 bits per heavy atom. The van der Waals surface area contributed by atoms with Crippen LogP contribution in [-0.4, -0.2) is 64.7 Å². The number of nitrogens with zero attached hydrogens (tertiary/aromatic N) is 3. The van der Waals surface area contributed by atoms with Gasteiger partial charge in [0.15, 0.2) is 0 Å². The van der Waals surface area contributed by atoms with Gasteiger partial charge in [0, 0.05) is 50.1 Å². The topological polar surface area (TPSA) is 61.6 Å². The molecule has 0 bridgehead atoms. The summed E-state index contributed by atoms with van der Waals surface area (Å²) in [6.07, 6.45) is 8.61. The molecule has 128 valence electrons. The zero-order valence-electron chi connectivity index (χ0n) is 13.7. The maximum atomic E-state index is 12.5. The Bertz CT molecular complexity index is 488. The minimum atomic E-state index is 0.108. The van der Waals surface area contributed by atoms with Crippen molar-refractivity contribution in [3.63, 3.8) is 0 Å². The van der Waals surface area contributed by atoms with E-state index in [0.29, 0.717) is 11.3 Å². The molecule has 0 aromatic carbocycles. The van der Waals surface area contributed by atoms with Gasteiger partial charge in [0.05, 0.1) is 5.69 Å². The van der Waals surface area contributed by atoms with Gasteiger partial charge in [-0.05, 0) is 19.1 Å². The number of rotatable bonds is 4. The van der Waals surface area contributed by atoms with Gasteiger partial charge in [-0.25, -0.2) is 4.79 Å². The number of thioether (sulfide) groups is 1. The fourth-order valence-corrected chi connectivity index (χ4v) is 4.39. The lowest BCUT2D eigenvalue weighted by Gasteiger charge is -2.37. The zero-order chi connectivity index (χ0) is 16.1. The fraction of sp³-hybridized carbons (Fsp3) is 0.750. The van der Waals surface area contributed by atoms with E-state index in [1.165, 1.54) is 19.3 Å². The summed E-state index contributed by atoms with van der Waals surface area (Å²) < 4.78 is 4.87. The van der Waals surface area contributed by atoms with Crippen LogP contribution in [0.5, 0.6) is 0 Å². The highest BCUT2D eigenvalue weighted by molar-refractivity contribution is 7.99. The van der Waals surface area contributed by atoms with E-state index in [2.05, 4.69) is 21.6 Å². The molecule has 6 nitrogen and oxygen atoms in total. The highest BCUT2D eigenvalue weighted by Gasteiger charge is 2.28. The van der Waals surface area contributed by atoms with Crippen LogP contribution in [0.15, 0.2) is 16.9 Å². The van der Waals surface area contributed by atoms with Gasteiger partial charge in [-0.2, -0.15) is 11.8 Å². The third kappa shape index (κ3) is 4.41. The van der Waals surface area contributed by atoms with Crippen molar-refractivity contribution in [1.29, 1.82) is 0 Å². The quantitative estimate of drug-likeness (QED) is 0.912. The summed E-state index contributed by atoms with van der Waals surface area (Å²) >= 11 is 1.89. The summed E-state index contributed by atoms with van der Waals surface area (Å²) in [4.78, 5) is 16.8. The number of hydrogen-bond donors (Lipinski definition) is 1. The molecular weight excluding hydrogens is 312 g/mol. The minimum Gasteiger partial charge on any atom is -0.364 e. The monoisotopic (exact) mass is 338 g/mol. The first-order chi connectivity index (χ1) is 11.3. The lowest BCUT2D eigenvalue weighted by molar-refractivity contribution is 0.130. The average molecular weight is 338 g/mol. The number of amides is 2. The van der Waals surface area contributed by atoms with Gasteiger partial charge in [0.25, 0.3) is 0 Å². The summed E-state index contributed by atoms with van der Waals surface area (Å²) in [7, 11) is 0. The molecule has 0 unspecified atom stereocenters. The van der Waals surface area contributed by atoms with Crippen LogP contribution >= 0.6 is 11.8 Å². The van der Waals surface area contributed by atoms with Crippen LogP contribution in [0.25, 0.3) is 0 Å². The Labute approximate surface area is 141 Å². The van der Waals surface area contributed by atoms with E-state index in [9.17, 15) is 4.79 Å². The molecule has 3 rings (SSSR count). The molecule has 2 fully saturated rings. The second-order valence-corrected chi connectivity index (χ2v) is 7.45. The molecule has 1 aromatic heterocycles. The van der Waals surface area contributed by atoms with Crippen LogP contribution in [-0.2, 0) is 6.54 Å². The minimum absolute atomic E-state index is 0.108. The first-order valence-corrected chi connectivity index (χ1v) is 9.75. The molecular formula is C16H26N4O2S. The van der Waals surface area contributed by atoms with Gasteiger partial charge in [-0.15, -0.1) is 0 Å². The summed E-state index contributed by atoms with van der Waals surface area (Å²) in [5, 5.41) is 7.79. The smallest absolute Gasteiger partial charge is 0.317 e. The highest BCUT2D eigenvalue weighted by Crippen LogP contribution is 2.27. The Morgan fingerprint density at radius 2 is 2.13 bits per heavy atom. The van der Waals surface area contributed by atoms with E-state index in [4.69, 9.17) is 4.52 Å². The zero-order valence-corrected chi connectivity index (χ0v) is 14.6. The van der Waals surface area contributed by atoms with Crippen LogP contribution in [0.4, 0.5) is 4.79 Å². The summed E-state index contributed by atoms with van der Waals surface area (Å²) in [6.45, 7) is 4.12. The standard InChI is InChI=1S/C16H26N4O2S/c1-23-15-5-3-2-4-14(15)17-16(21)20-9-7-19(8-10-20)12-13-6-11-22-18-13/h6,11,14-15H,2-5,7-10,12H2,1H3,(H,17,21)/t14-,15+/m0/s1. The van der Waals surface area contributed by atoms with Gasteiger partial charge in [-0.1, -0.05) is 18.0 Å². The van der Waals surface area contributed by atoms with Crippen molar-refractivity contribution in [3.8, 4) is 0 Å². The van der Waals surface area contributed by atoms with Crippen LogP contribution in [0, 0.1) is 0 Å². The maximum absolute atomic E-state index is 12.5. The second-order valence-electron chi connectivity index (χ2n) is 6.37. The molecule has 0 spiro atoms. The SMILES string of the molecule is CS[C@@H]1CCCC[C@@H]1NC(=O)N1CCN(Cc2ccon2)CC1. The van der Waals surface area contributed by atoms with Gasteiger partial charge in [0.2, 0.25) is 0 Å². The summed E-state index contributed by atoms with van der Waals surface area (Å²) in [5.41, 5.74) is 0.952. The molecule has 2 amide bonds. The summed E-state index contributed by atoms with van der Waals surface area (Å²) in [6, 6.07) is 2.33. The van der Waals surface area contributed by atoms with E-state index < -0.39 is 0 Å². The lowest BCUT2D eigenvalue weighted by Crippen LogP contribution is -2.55. The third-order valence-electron chi connectivity index (χ3n) is 4.85. The second kappa shape index (κ2) is 8.06. The molecule has 1 aromatic rings. The molecule has 2 atom stereocenters. The number of aromatic nitrogens is 1. The van der Waals surface area contributed by atoms with Crippen molar-refractivity contribution in [2.45, 2.75) is 43.5 Å². The Morgan fingerprint density at radius 3 is 2.83 bits per heavy atom. The largest absolute Gasteiger partial charge is 0.364 e. The molecule has 1 saturated carbocycles. The van der Waals surface area contributed by atoms with Gasteiger partial charge in [-0.3, -0.25) is 4.90 Å². The number of nitrogens with one attached hydrogen (secondary N) is 1. The van der Waals surface area contributed by atoms with Crippen LogP contribution in [0.3, 0.4) is 0 Å². The molecule has 2 heterocycles. The van der Waals surface area contributed by atoms with E-state index >= 15 is 0 Å². The first kappa shape index (κ1) is 16.6. The predicted octanol–water partition coefficient (Wildman–Crippen LogP) is 2.18. The van der Waals surface area contributed by atoms with Crippen molar-refractivity contribution in [3.05, 3.63) is 18.0 Å². The van der Waals surface area contributed by atoms with E-state index in [1.807, 2.05) is 22.7 Å². The van der Waals surface area contributed by atoms with Gasteiger partial charge in [0.1, 0.15) is 6.26 Å². The summed E-state index contributed by atoms with van der Waals surface area (Å²) in [5.74, 6) is 0. The Kier molecular flexibility index (Phi) is 5.83. The van der Waals surface area contributed by atoms with Crippen molar-refractivity contribution >= 4 is 17.8 Å². The highest BCUT2D eigenvalue weighted by atomic mass is 32.2. The fourth-order valence-electron chi connectivity index (χ4n) is 3.45. The molecule has 2 aliphatic rings. The predicted molar refractivity (Wildman–Crippen MR) is 91.4 cm³/mol. The third-order valence-corrected chi connectivity index (χ3v) is 6.02. The number of urea groups is 1. The van der Waals surface area contributed by atoms with Crippen LogP contribution in [0.2, 0.25) is 0 Å². The van der Waals surface area contributed by atoms with E-state index in [-0.39, 0.29) is 6.03 Å². The number of carbonyl (C=O) groups excluding carboxylic acids is 1. The van der Waals surface area contributed by atoms with Crippen LogP contribution < -0.4 is 5.32 Å². The lowest BCUT2D eigenvalue weighted by atomic mass is 9.95. The van der Waals surface area contributed by atoms with E-state index in [0.717, 1.165) is 44.8 Å². The van der Waals surface area contributed by atoms with Crippen molar-refractivity contribution in [2.24, 2.45) is 0 Å². The molecule has 1 N–H and O–H groups in total. The number of carbonyl (C=O) groups is 1. The molecule has 1 aliphatic carbocycles. The van der Waals surface area contributed by atoms with Crippen molar-refractivity contribution in [2.75, 3.05) is 32.4 Å². The Balaban J connectivity index is 1.44. The molecule has 1 saturated heterocycles. The molecule has 0 radical (unpaired) electrons.